The van der Waals surface area contributed by atoms with E-state index < -0.39 is 18.0 Å². The molecule has 0 aliphatic carbocycles. The maximum Gasteiger partial charge on any atom is 0.131 e. The minimum Gasteiger partial charge on any atom is -0.755 e. The first kappa shape index (κ1) is 18.6. The van der Waals surface area contributed by atoms with Gasteiger partial charge in [0.05, 0.1) is 11.2 Å². The molecule has 0 saturated carbocycles. The summed E-state index contributed by atoms with van der Waals surface area (Å²) in [5, 5.41) is 13.9. The molecule has 0 radical (unpaired) electrons. The summed E-state index contributed by atoms with van der Waals surface area (Å²) in [6.07, 6.45) is 0.744. The molecule has 0 aliphatic heterocycles. The number of hydrogen-bond acceptors (Lipinski definition) is 5. The fourth-order valence-corrected chi connectivity index (χ4v) is 3.26. The molecule has 1 atom stereocenters. The molecule has 0 amide bonds. The van der Waals surface area contributed by atoms with Gasteiger partial charge in [-0.3, -0.25) is 8.51 Å². The molecule has 2 N–H and O–H groups in total. The van der Waals surface area contributed by atoms with Gasteiger partial charge in [0.15, 0.2) is 0 Å². The SMILES string of the molecule is O=S([O-])N(CO)c1ccc(CCNc2cc(Cl)nc3ccccc23)cc1. The summed E-state index contributed by atoms with van der Waals surface area (Å²) >= 11 is 3.58. The number of nitrogens with zero attached hydrogens (tertiary/aromatic N) is 2. The van der Waals surface area contributed by atoms with Gasteiger partial charge in [-0.1, -0.05) is 41.9 Å². The van der Waals surface area contributed by atoms with Gasteiger partial charge in [0.2, 0.25) is 0 Å². The van der Waals surface area contributed by atoms with Crippen LogP contribution in [0.3, 0.4) is 0 Å². The lowest BCUT2D eigenvalue weighted by Crippen LogP contribution is -2.26. The molecule has 8 heteroatoms. The summed E-state index contributed by atoms with van der Waals surface area (Å²) in [5.41, 5.74) is 3.22. The van der Waals surface area contributed by atoms with Crippen LogP contribution in [0.15, 0.2) is 54.6 Å². The van der Waals surface area contributed by atoms with E-state index in [1.54, 1.807) is 18.2 Å². The van der Waals surface area contributed by atoms with E-state index in [1.807, 2.05) is 36.4 Å². The average Bonchev–Trinajstić information content (AvgIpc) is 2.63. The van der Waals surface area contributed by atoms with Crippen molar-refractivity contribution in [3.8, 4) is 0 Å². The molecule has 26 heavy (non-hydrogen) atoms. The number of benzene rings is 2. The Morgan fingerprint density at radius 2 is 1.92 bits per heavy atom. The van der Waals surface area contributed by atoms with Crippen LogP contribution in [-0.4, -0.2) is 32.1 Å². The first-order chi connectivity index (χ1) is 12.6. The summed E-state index contributed by atoms with van der Waals surface area (Å²) in [5.74, 6) is 0. The quantitative estimate of drug-likeness (QED) is 0.367. The van der Waals surface area contributed by atoms with Crippen molar-refractivity contribution in [1.29, 1.82) is 0 Å². The third-order valence-electron chi connectivity index (χ3n) is 3.95. The predicted molar refractivity (Wildman–Crippen MR) is 104 cm³/mol. The lowest BCUT2D eigenvalue weighted by atomic mass is 10.1. The van der Waals surface area contributed by atoms with Crippen LogP contribution in [0.5, 0.6) is 0 Å². The minimum atomic E-state index is -2.50. The van der Waals surface area contributed by atoms with E-state index in [4.69, 9.17) is 16.7 Å². The topological polar surface area (TPSA) is 88.5 Å². The molecule has 0 aliphatic rings. The highest BCUT2D eigenvalue weighted by atomic mass is 35.5. The molecular formula is C18H17ClN3O3S-. The zero-order valence-corrected chi connectivity index (χ0v) is 15.3. The molecule has 2 aromatic carbocycles. The number of nitrogens with one attached hydrogen (secondary N) is 1. The third kappa shape index (κ3) is 4.31. The maximum absolute atomic E-state index is 11.0. The Balaban J connectivity index is 1.66. The van der Waals surface area contributed by atoms with Crippen molar-refractivity contribution in [2.75, 3.05) is 22.9 Å². The number of fused-ring (bicyclic) bond motifs is 1. The van der Waals surface area contributed by atoms with E-state index in [0.29, 0.717) is 17.4 Å². The van der Waals surface area contributed by atoms with Gasteiger partial charge in [-0.05, 0) is 36.2 Å². The zero-order chi connectivity index (χ0) is 18.5. The van der Waals surface area contributed by atoms with Gasteiger partial charge in [0.1, 0.15) is 11.9 Å². The number of aliphatic hydroxyl groups is 1. The fraction of sp³-hybridized carbons (Fsp3) is 0.167. The Bertz CT molecular complexity index is 921. The monoisotopic (exact) mass is 390 g/mol. The van der Waals surface area contributed by atoms with Gasteiger partial charge in [0, 0.05) is 28.9 Å². The minimum absolute atomic E-state index is 0.421. The molecule has 1 heterocycles. The summed E-state index contributed by atoms with van der Waals surface area (Å²) in [6, 6.07) is 16.6. The average molecular weight is 391 g/mol. The summed E-state index contributed by atoms with van der Waals surface area (Å²) in [6.45, 7) is 0.0910. The lowest BCUT2D eigenvalue weighted by molar-refractivity contribution is 0.307. The Kier molecular flexibility index (Phi) is 6.05. The Hall–Kier alpha value is -2.19. The second-order valence-corrected chi connectivity index (χ2v) is 6.85. The third-order valence-corrected chi connectivity index (χ3v) is 4.83. The molecule has 0 bridgehead atoms. The van der Waals surface area contributed by atoms with Crippen LogP contribution in [0.25, 0.3) is 10.9 Å². The van der Waals surface area contributed by atoms with E-state index in [1.165, 1.54) is 0 Å². The number of pyridine rings is 1. The summed E-state index contributed by atoms with van der Waals surface area (Å²) < 4.78 is 22.9. The van der Waals surface area contributed by atoms with Gasteiger partial charge in [-0.25, -0.2) is 4.98 Å². The maximum atomic E-state index is 11.0. The molecule has 0 spiro atoms. The van der Waals surface area contributed by atoms with Gasteiger partial charge in [0.25, 0.3) is 0 Å². The van der Waals surface area contributed by atoms with Crippen LogP contribution in [0.2, 0.25) is 5.15 Å². The van der Waals surface area contributed by atoms with Crippen LogP contribution >= 0.6 is 11.6 Å². The van der Waals surface area contributed by atoms with Crippen LogP contribution in [0.4, 0.5) is 11.4 Å². The van der Waals surface area contributed by atoms with Gasteiger partial charge in [-0.15, -0.1) is 0 Å². The predicted octanol–water partition coefficient (Wildman–Crippen LogP) is 3.09. The second-order valence-electron chi connectivity index (χ2n) is 5.59. The summed E-state index contributed by atoms with van der Waals surface area (Å²) in [7, 11) is 0. The van der Waals surface area contributed by atoms with Crippen molar-refractivity contribution >= 4 is 45.1 Å². The number of aliphatic hydroxyl groups excluding tert-OH is 1. The Morgan fingerprint density at radius 1 is 1.19 bits per heavy atom. The van der Waals surface area contributed by atoms with E-state index in [9.17, 15) is 8.76 Å². The molecule has 0 saturated heterocycles. The second kappa shape index (κ2) is 8.46. The van der Waals surface area contributed by atoms with Gasteiger partial charge < -0.3 is 15.0 Å². The van der Waals surface area contributed by atoms with Crippen molar-refractivity contribution < 1.29 is 13.9 Å². The molecule has 3 rings (SSSR count). The highest BCUT2D eigenvalue weighted by Crippen LogP contribution is 2.25. The first-order valence-electron chi connectivity index (χ1n) is 7.94. The number of hydrogen-bond donors (Lipinski definition) is 2. The van der Waals surface area contributed by atoms with Crippen LogP contribution < -0.4 is 9.62 Å². The van der Waals surface area contributed by atoms with E-state index in [2.05, 4.69) is 10.3 Å². The van der Waals surface area contributed by atoms with E-state index in [0.717, 1.165) is 32.9 Å². The number of halogens is 1. The van der Waals surface area contributed by atoms with Crippen LogP contribution in [0.1, 0.15) is 5.56 Å². The van der Waals surface area contributed by atoms with Crippen molar-refractivity contribution in [1.82, 2.24) is 4.98 Å². The highest BCUT2D eigenvalue weighted by Gasteiger charge is 2.06. The van der Waals surface area contributed by atoms with Crippen molar-refractivity contribution in [2.45, 2.75) is 6.42 Å². The molecule has 3 aromatic rings. The molecule has 136 valence electrons. The smallest absolute Gasteiger partial charge is 0.131 e. The normalized spacial score (nSPS) is 12.1. The standard InChI is InChI=1S/C18H18ClN3O3S/c19-18-11-17(15-3-1-2-4-16(15)21-18)20-10-9-13-5-7-14(8-6-13)22(12-23)26(24)25/h1-8,11,23H,9-10,12H2,(H,20,21)(H,24,25)/p-1. The van der Waals surface area contributed by atoms with Crippen molar-refractivity contribution in [2.24, 2.45) is 0 Å². The van der Waals surface area contributed by atoms with Crippen LogP contribution in [0, 0.1) is 0 Å². The van der Waals surface area contributed by atoms with Crippen LogP contribution in [-0.2, 0) is 17.7 Å². The first-order valence-corrected chi connectivity index (χ1v) is 9.35. The van der Waals surface area contributed by atoms with E-state index >= 15 is 0 Å². The Labute approximate surface area is 158 Å². The van der Waals surface area contributed by atoms with Crippen molar-refractivity contribution in [3.05, 3.63) is 65.3 Å². The number of rotatable bonds is 7. The van der Waals surface area contributed by atoms with E-state index in [-0.39, 0.29) is 0 Å². The van der Waals surface area contributed by atoms with Gasteiger partial charge >= 0.3 is 0 Å². The molecule has 0 fully saturated rings. The fourth-order valence-electron chi connectivity index (χ4n) is 2.67. The van der Waals surface area contributed by atoms with Gasteiger partial charge in [-0.2, -0.15) is 0 Å². The number of para-hydroxylation sites is 1. The molecule has 1 unspecified atom stereocenters. The van der Waals surface area contributed by atoms with Crippen molar-refractivity contribution in [3.63, 3.8) is 0 Å². The molecule has 6 nitrogen and oxygen atoms in total. The molecule has 1 aromatic heterocycles. The Morgan fingerprint density at radius 3 is 2.62 bits per heavy atom. The zero-order valence-electron chi connectivity index (χ0n) is 13.8. The largest absolute Gasteiger partial charge is 0.755 e. The number of aromatic nitrogens is 1. The molecular weight excluding hydrogens is 374 g/mol. The highest BCUT2D eigenvalue weighted by molar-refractivity contribution is 7.80. The summed E-state index contributed by atoms with van der Waals surface area (Å²) in [4.78, 5) is 4.30. The lowest BCUT2D eigenvalue weighted by Gasteiger charge is -2.23. The number of anilines is 2.